The summed E-state index contributed by atoms with van der Waals surface area (Å²) in [6.07, 6.45) is 2.24. The molecule has 5 nitrogen and oxygen atoms in total. The van der Waals surface area contributed by atoms with Gasteiger partial charge in [-0.2, -0.15) is 0 Å². The number of nitrogens with zero attached hydrogens (tertiary/aromatic N) is 2. The van der Waals surface area contributed by atoms with Crippen LogP contribution in [0.1, 0.15) is 26.2 Å². The molecule has 5 heteroatoms. The third-order valence-electron chi connectivity index (χ3n) is 3.02. The van der Waals surface area contributed by atoms with Gasteiger partial charge in [-0.25, -0.2) is 0 Å². The number of nitrogens with two attached hydrogens (primary N) is 1. The molecule has 2 amide bonds. The Morgan fingerprint density at radius 2 is 2.12 bits per heavy atom. The first-order valence-electron chi connectivity index (χ1n) is 5.76. The minimum Gasteiger partial charge on any atom is -0.347 e. The maximum absolute atomic E-state index is 11.9. The minimum absolute atomic E-state index is 0.00541. The summed E-state index contributed by atoms with van der Waals surface area (Å²) in [5, 5.41) is 0. The first-order chi connectivity index (χ1) is 7.49. The summed E-state index contributed by atoms with van der Waals surface area (Å²) in [5.74, 6) is -0.102. The lowest BCUT2D eigenvalue weighted by molar-refractivity contribution is -0.143. The lowest BCUT2D eigenvalue weighted by Gasteiger charge is -2.28. The van der Waals surface area contributed by atoms with E-state index in [0.717, 1.165) is 12.8 Å². The molecule has 92 valence electrons. The van der Waals surface area contributed by atoms with Gasteiger partial charge in [0.2, 0.25) is 11.8 Å². The fraction of sp³-hybridized carbons (Fsp3) is 0.818. The summed E-state index contributed by atoms with van der Waals surface area (Å²) in [5.41, 5.74) is 5.72. The van der Waals surface area contributed by atoms with Gasteiger partial charge in [0.1, 0.15) is 6.04 Å². The van der Waals surface area contributed by atoms with E-state index in [1.54, 1.807) is 19.0 Å². The highest BCUT2D eigenvalue weighted by Gasteiger charge is 2.36. The Morgan fingerprint density at radius 3 is 2.62 bits per heavy atom. The molecule has 1 heterocycles. The van der Waals surface area contributed by atoms with Crippen LogP contribution in [0.5, 0.6) is 0 Å². The monoisotopic (exact) mass is 227 g/mol. The van der Waals surface area contributed by atoms with Crippen molar-refractivity contribution in [2.24, 2.45) is 5.73 Å². The van der Waals surface area contributed by atoms with Crippen molar-refractivity contribution in [3.63, 3.8) is 0 Å². The van der Waals surface area contributed by atoms with E-state index in [1.165, 1.54) is 4.90 Å². The van der Waals surface area contributed by atoms with Gasteiger partial charge in [-0.1, -0.05) is 6.92 Å². The molecule has 1 fully saturated rings. The summed E-state index contributed by atoms with van der Waals surface area (Å²) in [6, 6.07) is -0.782. The molecule has 2 atom stereocenters. The van der Waals surface area contributed by atoms with Crippen molar-refractivity contribution in [1.29, 1.82) is 0 Å². The second-order valence-corrected chi connectivity index (χ2v) is 4.44. The number of carbonyl (C=O) groups excluding carboxylic acids is 2. The largest absolute Gasteiger partial charge is 0.347 e. The van der Waals surface area contributed by atoms with E-state index in [9.17, 15) is 9.59 Å². The molecule has 1 aliphatic heterocycles. The molecule has 0 spiro atoms. The molecule has 0 aliphatic carbocycles. The van der Waals surface area contributed by atoms with Gasteiger partial charge in [0.25, 0.3) is 0 Å². The van der Waals surface area contributed by atoms with Gasteiger partial charge < -0.3 is 15.5 Å². The highest BCUT2D eigenvalue weighted by atomic mass is 16.2. The predicted molar refractivity (Wildman–Crippen MR) is 61.7 cm³/mol. The van der Waals surface area contributed by atoms with E-state index in [1.807, 2.05) is 6.92 Å². The number of carbonyl (C=O) groups is 2. The van der Waals surface area contributed by atoms with Crippen LogP contribution in [0, 0.1) is 0 Å². The van der Waals surface area contributed by atoms with Gasteiger partial charge in [-0.05, 0) is 19.3 Å². The summed E-state index contributed by atoms with van der Waals surface area (Å²) in [7, 11) is 3.42. The molecular formula is C11H21N3O2. The minimum atomic E-state index is -0.476. The quantitative estimate of drug-likeness (QED) is 0.726. The number of amides is 2. The van der Waals surface area contributed by atoms with E-state index in [-0.39, 0.29) is 17.9 Å². The van der Waals surface area contributed by atoms with E-state index in [2.05, 4.69) is 0 Å². The maximum Gasteiger partial charge on any atom is 0.244 e. The van der Waals surface area contributed by atoms with Crippen LogP contribution in [0.15, 0.2) is 0 Å². The summed E-state index contributed by atoms with van der Waals surface area (Å²) in [4.78, 5) is 27.0. The smallest absolute Gasteiger partial charge is 0.244 e. The number of hydrogen-bond acceptors (Lipinski definition) is 3. The van der Waals surface area contributed by atoms with E-state index >= 15 is 0 Å². The van der Waals surface area contributed by atoms with Crippen molar-refractivity contribution in [2.45, 2.75) is 38.3 Å². The predicted octanol–water partition coefficient (Wildman–Crippen LogP) is -0.197. The molecule has 0 aromatic rings. The molecule has 2 N–H and O–H groups in total. The van der Waals surface area contributed by atoms with Gasteiger partial charge in [-0.3, -0.25) is 9.59 Å². The van der Waals surface area contributed by atoms with Gasteiger partial charge in [-0.15, -0.1) is 0 Å². The van der Waals surface area contributed by atoms with Crippen LogP contribution >= 0.6 is 0 Å². The molecule has 0 aromatic heterocycles. The van der Waals surface area contributed by atoms with Gasteiger partial charge in [0.15, 0.2) is 0 Å². The molecule has 1 rings (SSSR count). The zero-order chi connectivity index (χ0) is 12.3. The first kappa shape index (κ1) is 13.0. The van der Waals surface area contributed by atoms with Crippen molar-refractivity contribution in [1.82, 2.24) is 9.80 Å². The van der Waals surface area contributed by atoms with Crippen LogP contribution in [0.4, 0.5) is 0 Å². The first-order valence-corrected chi connectivity index (χ1v) is 5.76. The van der Waals surface area contributed by atoms with Crippen molar-refractivity contribution < 1.29 is 9.59 Å². The third kappa shape index (κ3) is 2.52. The Morgan fingerprint density at radius 1 is 1.50 bits per heavy atom. The molecule has 0 radical (unpaired) electrons. The Kier molecular flexibility index (Phi) is 4.29. The Labute approximate surface area is 96.6 Å². The molecule has 2 unspecified atom stereocenters. The normalized spacial score (nSPS) is 22.0. The molecule has 1 aliphatic rings. The number of likely N-dealkylation sites (N-methyl/N-ethyl adjacent to an activating group) is 1. The zero-order valence-corrected chi connectivity index (χ0v) is 10.3. The number of rotatable bonds is 3. The van der Waals surface area contributed by atoms with Crippen LogP contribution in [0.25, 0.3) is 0 Å². The average Bonchev–Trinajstić information content (AvgIpc) is 2.74. The molecule has 16 heavy (non-hydrogen) atoms. The van der Waals surface area contributed by atoms with E-state index in [4.69, 9.17) is 5.73 Å². The standard InChI is InChI=1S/C11H21N3O2/c1-4-8(12)10(15)14-7-5-6-9(14)11(16)13(2)3/h8-9H,4-7,12H2,1-3H3. The third-order valence-corrected chi connectivity index (χ3v) is 3.02. The highest BCUT2D eigenvalue weighted by Crippen LogP contribution is 2.19. The lowest BCUT2D eigenvalue weighted by atomic mass is 10.1. The fourth-order valence-electron chi connectivity index (χ4n) is 1.97. The second kappa shape index (κ2) is 5.30. The van der Waals surface area contributed by atoms with Crippen LogP contribution in [0.2, 0.25) is 0 Å². The second-order valence-electron chi connectivity index (χ2n) is 4.44. The van der Waals surface area contributed by atoms with Gasteiger partial charge in [0.05, 0.1) is 6.04 Å². The summed E-state index contributed by atoms with van der Waals surface area (Å²) < 4.78 is 0. The molecule has 0 saturated carbocycles. The summed E-state index contributed by atoms with van der Waals surface area (Å²) >= 11 is 0. The van der Waals surface area contributed by atoms with Gasteiger partial charge in [0, 0.05) is 20.6 Å². The zero-order valence-electron chi connectivity index (χ0n) is 10.3. The van der Waals surface area contributed by atoms with Crippen molar-refractivity contribution in [3.05, 3.63) is 0 Å². The van der Waals surface area contributed by atoms with E-state index in [0.29, 0.717) is 13.0 Å². The Hall–Kier alpha value is -1.10. The fourth-order valence-corrected chi connectivity index (χ4v) is 1.97. The average molecular weight is 227 g/mol. The van der Waals surface area contributed by atoms with Crippen LogP contribution < -0.4 is 5.73 Å². The van der Waals surface area contributed by atoms with Crippen LogP contribution in [-0.4, -0.2) is 54.3 Å². The molecular weight excluding hydrogens is 206 g/mol. The van der Waals surface area contributed by atoms with Crippen molar-refractivity contribution in [2.75, 3.05) is 20.6 Å². The number of likely N-dealkylation sites (tertiary alicyclic amines) is 1. The molecule has 0 aromatic carbocycles. The Bertz CT molecular complexity index is 278. The summed E-state index contributed by atoms with van der Waals surface area (Å²) in [6.45, 7) is 2.53. The maximum atomic E-state index is 11.9. The van der Waals surface area contributed by atoms with Gasteiger partial charge >= 0.3 is 0 Å². The van der Waals surface area contributed by atoms with Crippen LogP contribution in [-0.2, 0) is 9.59 Å². The lowest BCUT2D eigenvalue weighted by Crippen LogP contribution is -2.50. The number of hydrogen-bond donors (Lipinski definition) is 1. The molecule has 0 bridgehead atoms. The van der Waals surface area contributed by atoms with Crippen LogP contribution in [0.3, 0.4) is 0 Å². The topological polar surface area (TPSA) is 66.6 Å². The van der Waals surface area contributed by atoms with Crippen molar-refractivity contribution >= 4 is 11.8 Å². The SMILES string of the molecule is CCC(N)C(=O)N1CCCC1C(=O)N(C)C. The molecule has 1 saturated heterocycles. The Balaban J connectivity index is 2.73. The van der Waals surface area contributed by atoms with Crippen molar-refractivity contribution in [3.8, 4) is 0 Å². The highest BCUT2D eigenvalue weighted by molar-refractivity contribution is 5.90. The van der Waals surface area contributed by atoms with E-state index < -0.39 is 6.04 Å².